The van der Waals surface area contributed by atoms with Gasteiger partial charge in [0.15, 0.2) is 0 Å². The number of ether oxygens (including phenoxy) is 1. The Morgan fingerprint density at radius 3 is 2.77 bits per heavy atom. The number of pyridine rings is 1. The molecule has 6 nitrogen and oxygen atoms in total. The molecular formula is C25H30N4O2. The lowest BCUT2D eigenvalue weighted by atomic mass is 10.1. The largest absolute Gasteiger partial charge is 0.357 e. The second kappa shape index (κ2) is 8.49. The molecule has 162 valence electrons. The SMILES string of the molecule is CCn1c(=O)c2c(C)n(C3CCCCO3)nc2c2cc(C#CCN3CCCC3)ccc21. The second-order valence-electron chi connectivity index (χ2n) is 8.64. The van der Waals surface area contributed by atoms with E-state index in [4.69, 9.17) is 9.84 Å². The molecule has 2 fully saturated rings. The molecule has 6 heteroatoms. The van der Waals surface area contributed by atoms with Crippen LogP contribution in [0.25, 0.3) is 21.8 Å². The molecule has 0 radical (unpaired) electrons. The Bertz CT molecular complexity index is 1230. The van der Waals surface area contributed by atoms with Gasteiger partial charge in [0.25, 0.3) is 5.56 Å². The van der Waals surface area contributed by atoms with E-state index in [1.807, 2.05) is 35.2 Å². The Morgan fingerprint density at radius 2 is 2.03 bits per heavy atom. The molecule has 1 unspecified atom stereocenters. The van der Waals surface area contributed by atoms with Crippen LogP contribution in [0.1, 0.15) is 56.5 Å². The van der Waals surface area contributed by atoms with Gasteiger partial charge in [-0.3, -0.25) is 9.69 Å². The number of aromatic nitrogens is 3. The third kappa shape index (κ3) is 3.66. The Labute approximate surface area is 182 Å². The van der Waals surface area contributed by atoms with Crippen molar-refractivity contribution in [1.82, 2.24) is 19.2 Å². The molecule has 0 bridgehead atoms. The van der Waals surface area contributed by atoms with Crippen LogP contribution < -0.4 is 5.56 Å². The summed E-state index contributed by atoms with van der Waals surface area (Å²) in [5, 5.41) is 6.59. The number of aryl methyl sites for hydroxylation is 2. The molecule has 2 aliphatic heterocycles. The summed E-state index contributed by atoms with van der Waals surface area (Å²) in [5.74, 6) is 6.65. The van der Waals surface area contributed by atoms with Gasteiger partial charge in [-0.05, 0) is 77.2 Å². The van der Waals surface area contributed by atoms with E-state index in [1.54, 1.807) is 0 Å². The highest BCUT2D eigenvalue weighted by atomic mass is 16.5. The highest BCUT2D eigenvalue weighted by molar-refractivity contribution is 6.04. The fourth-order valence-corrected chi connectivity index (χ4v) is 4.95. The number of rotatable bonds is 3. The summed E-state index contributed by atoms with van der Waals surface area (Å²) < 4.78 is 9.75. The van der Waals surface area contributed by atoms with Crippen LogP contribution in [0.4, 0.5) is 0 Å². The monoisotopic (exact) mass is 418 g/mol. The zero-order valence-electron chi connectivity index (χ0n) is 18.5. The van der Waals surface area contributed by atoms with Gasteiger partial charge < -0.3 is 9.30 Å². The van der Waals surface area contributed by atoms with Crippen LogP contribution in [0.3, 0.4) is 0 Å². The molecule has 0 N–H and O–H groups in total. The summed E-state index contributed by atoms with van der Waals surface area (Å²) >= 11 is 0. The molecule has 5 rings (SSSR count). The van der Waals surface area contributed by atoms with E-state index >= 15 is 0 Å². The first-order valence-electron chi connectivity index (χ1n) is 11.6. The normalized spacial score (nSPS) is 19.7. The summed E-state index contributed by atoms with van der Waals surface area (Å²) in [6.07, 6.45) is 5.60. The van der Waals surface area contributed by atoms with E-state index in [0.29, 0.717) is 11.9 Å². The first-order valence-corrected chi connectivity index (χ1v) is 11.6. The first kappa shape index (κ1) is 20.3. The summed E-state index contributed by atoms with van der Waals surface area (Å²) in [4.78, 5) is 15.7. The zero-order chi connectivity index (χ0) is 21.4. The van der Waals surface area contributed by atoms with Gasteiger partial charge in [-0.2, -0.15) is 5.10 Å². The maximum atomic E-state index is 13.3. The number of fused-ring (bicyclic) bond motifs is 3. The Balaban J connectivity index is 1.63. The predicted molar refractivity (Wildman–Crippen MR) is 123 cm³/mol. The van der Waals surface area contributed by atoms with Crippen LogP contribution in [0.2, 0.25) is 0 Å². The lowest BCUT2D eigenvalue weighted by Crippen LogP contribution is -2.21. The lowest BCUT2D eigenvalue weighted by molar-refractivity contribution is -0.0402. The molecule has 1 atom stereocenters. The van der Waals surface area contributed by atoms with E-state index in [0.717, 1.165) is 73.2 Å². The third-order valence-electron chi connectivity index (χ3n) is 6.63. The summed E-state index contributed by atoms with van der Waals surface area (Å²) in [6, 6.07) is 6.13. The average Bonchev–Trinajstić information content (AvgIpc) is 3.43. The van der Waals surface area contributed by atoms with Gasteiger partial charge in [-0.1, -0.05) is 11.8 Å². The van der Waals surface area contributed by atoms with Crippen LogP contribution in [-0.4, -0.2) is 45.5 Å². The van der Waals surface area contributed by atoms with E-state index in [1.165, 1.54) is 12.8 Å². The molecule has 31 heavy (non-hydrogen) atoms. The standard InChI is InChI=1S/C25H30N4O2/c1-3-28-21-12-11-19(9-8-15-27-13-5-6-14-27)17-20(21)24-23(25(28)30)18(2)29(26-24)22-10-4-7-16-31-22/h11-12,17,22H,3-7,10,13-16H2,1-2H3. The second-order valence-corrected chi connectivity index (χ2v) is 8.64. The number of nitrogens with zero attached hydrogens (tertiary/aromatic N) is 4. The van der Waals surface area contributed by atoms with Gasteiger partial charge in [0.1, 0.15) is 11.7 Å². The molecule has 1 aromatic carbocycles. The van der Waals surface area contributed by atoms with Crippen LogP contribution in [-0.2, 0) is 11.3 Å². The van der Waals surface area contributed by atoms with Crippen LogP contribution >= 0.6 is 0 Å². The van der Waals surface area contributed by atoms with Gasteiger partial charge in [0.05, 0.1) is 23.1 Å². The van der Waals surface area contributed by atoms with Crippen molar-refractivity contribution in [2.75, 3.05) is 26.2 Å². The number of hydrogen-bond acceptors (Lipinski definition) is 4. The van der Waals surface area contributed by atoms with Crippen molar-refractivity contribution in [3.8, 4) is 11.8 Å². The molecular weight excluding hydrogens is 388 g/mol. The van der Waals surface area contributed by atoms with Crippen molar-refractivity contribution >= 4 is 21.8 Å². The van der Waals surface area contributed by atoms with Crippen LogP contribution in [0.15, 0.2) is 23.0 Å². The van der Waals surface area contributed by atoms with Crippen LogP contribution in [0.5, 0.6) is 0 Å². The van der Waals surface area contributed by atoms with Crippen molar-refractivity contribution in [3.05, 3.63) is 39.8 Å². The Morgan fingerprint density at radius 1 is 1.19 bits per heavy atom. The van der Waals surface area contributed by atoms with Gasteiger partial charge in [-0.15, -0.1) is 0 Å². The summed E-state index contributed by atoms with van der Waals surface area (Å²) in [6.45, 7) is 8.48. The van der Waals surface area contributed by atoms with Crippen molar-refractivity contribution in [2.45, 2.75) is 58.7 Å². The third-order valence-corrected chi connectivity index (χ3v) is 6.63. The average molecular weight is 419 g/mol. The van der Waals surface area contributed by atoms with Gasteiger partial charge in [0.2, 0.25) is 0 Å². The predicted octanol–water partition coefficient (Wildman–Crippen LogP) is 3.83. The van der Waals surface area contributed by atoms with E-state index < -0.39 is 0 Å². The molecule has 0 aliphatic carbocycles. The maximum absolute atomic E-state index is 13.3. The quantitative estimate of drug-likeness (QED) is 0.607. The highest BCUT2D eigenvalue weighted by Crippen LogP contribution is 2.30. The number of likely N-dealkylation sites (tertiary alicyclic amines) is 1. The smallest absolute Gasteiger partial charge is 0.262 e. The van der Waals surface area contributed by atoms with Crippen molar-refractivity contribution in [1.29, 1.82) is 0 Å². The maximum Gasteiger partial charge on any atom is 0.262 e. The highest BCUT2D eigenvalue weighted by Gasteiger charge is 2.23. The minimum Gasteiger partial charge on any atom is -0.357 e. The molecule has 2 saturated heterocycles. The van der Waals surface area contributed by atoms with E-state index in [9.17, 15) is 4.79 Å². The van der Waals surface area contributed by atoms with Gasteiger partial charge in [-0.25, -0.2) is 4.68 Å². The summed E-state index contributed by atoms with van der Waals surface area (Å²) in [7, 11) is 0. The minimum absolute atomic E-state index is 0.0254. The van der Waals surface area contributed by atoms with Crippen LogP contribution in [0, 0.1) is 18.8 Å². The molecule has 2 aliphatic rings. The first-order chi connectivity index (χ1) is 15.2. The molecule has 0 amide bonds. The minimum atomic E-state index is -0.0888. The molecule has 0 saturated carbocycles. The Hall–Kier alpha value is -2.62. The Kier molecular flexibility index (Phi) is 5.56. The lowest BCUT2D eigenvalue weighted by Gasteiger charge is -2.23. The number of hydrogen-bond donors (Lipinski definition) is 0. The molecule has 3 aromatic rings. The van der Waals surface area contributed by atoms with Gasteiger partial charge in [0, 0.05) is 24.1 Å². The van der Waals surface area contributed by atoms with Gasteiger partial charge >= 0.3 is 0 Å². The summed E-state index contributed by atoms with van der Waals surface area (Å²) in [5.41, 5.74) is 3.56. The van der Waals surface area contributed by atoms with Crippen molar-refractivity contribution in [2.24, 2.45) is 0 Å². The van der Waals surface area contributed by atoms with E-state index in [-0.39, 0.29) is 11.8 Å². The molecule has 2 aromatic heterocycles. The van der Waals surface area contributed by atoms with E-state index in [2.05, 4.69) is 22.8 Å². The fraction of sp³-hybridized carbons (Fsp3) is 0.520. The zero-order valence-corrected chi connectivity index (χ0v) is 18.5. The van der Waals surface area contributed by atoms with Crippen molar-refractivity contribution < 1.29 is 4.74 Å². The number of benzene rings is 1. The molecule has 0 spiro atoms. The van der Waals surface area contributed by atoms with Crippen molar-refractivity contribution in [3.63, 3.8) is 0 Å². The molecule has 4 heterocycles. The topological polar surface area (TPSA) is 52.3 Å². The fourth-order valence-electron chi connectivity index (χ4n) is 4.95.